The van der Waals surface area contributed by atoms with Crippen LogP contribution in [-0.4, -0.2) is 36.2 Å². The molecule has 0 radical (unpaired) electrons. The van der Waals surface area contributed by atoms with E-state index in [0.717, 1.165) is 34.6 Å². The summed E-state index contributed by atoms with van der Waals surface area (Å²) < 4.78 is 11.9. The van der Waals surface area contributed by atoms with Crippen molar-refractivity contribution in [3.05, 3.63) is 113 Å². The molecule has 3 heterocycles. The van der Waals surface area contributed by atoms with Crippen molar-refractivity contribution in [3.8, 4) is 22.6 Å². The third kappa shape index (κ3) is 4.38. The van der Waals surface area contributed by atoms with Crippen LogP contribution in [0.15, 0.2) is 91.0 Å². The maximum Gasteiger partial charge on any atom is 0.325 e. The number of benzene rings is 4. The Kier molecular flexibility index (Phi) is 5.96. The zero-order valence-electron chi connectivity index (χ0n) is 23.1. The normalized spacial score (nSPS) is 20.8. The van der Waals surface area contributed by atoms with Gasteiger partial charge in [-0.05, 0) is 78.1 Å². The molecule has 2 bridgehead atoms. The first-order valence-electron chi connectivity index (χ1n) is 14.0. The van der Waals surface area contributed by atoms with Crippen molar-refractivity contribution in [1.29, 1.82) is 0 Å². The van der Waals surface area contributed by atoms with Crippen LogP contribution >= 0.6 is 0 Å². The lowest BCUT2D eigenvalue weighted by Crippen LogP contribution is -2.65. The minimum Gasteiger partial charge on any atom is -0.497 e. The molecule has 0 saturated carbocycles. The number of urea groups is 1. The number of hydrogen-bond acceptors (Lipinski definition) is 4. The van der Waals surface area contributed by atoms with Gasteiger partial charge in [0.2, 0.25) is 0 Å². The fourth-order valence-corrected chi connectivity index (χ4v) is 6.36. The number of rotatable bonds is 4. The molecule has 1 N–H and O–H groups in total. The van der Waals surface area contributed by atoms with Crippen LogP contribution in [0.1, 0.15) is 46.4 Å². The standard InChI is InChI=1S/C34H31N3O4/c1-34-20-30(29-19-24(12-15-31(29)41-34)23-10-13-28(40-2)14-11-23)35-33(39)37(34)27-9-5-8-25(18-27)32(38)36-17-16-22-6-3-4-7-26(22)21-36/h3-15,18-19,30H,16-17,20-21H2,1-2H3,(H,35,39). The van der Waals surface area contributed by atoms with Crippen molar-refractivity contribution in [2.75, 3.05) is 18.6 Å². The predicted molar refractivity (Wildman–Crippen MR) is 157 cm³/mol. The fraction of sp³-hybridized carbons (Fsp3) is 0.235. The molecular formula is C34H31N3O4. The predicted octanol–water partition coefficient (Wildman–Crippen LogP) is 6.33. The van der Waals surface area contributed by atoms with E-state index in [9.17, 15) is 9.59 Å². The highest BCUT2D eigenvalue weighted by atomic mass is 16.5. The topological polar surface area (TPSA) is 71.1 Å². The Morgan fingerprint density at radius 1 is 0.951 bits per heavy atom. The summed E-state index contributed by atoms with van der Waals surface area (Å²) in [7, 11) is 1.65. The van der Waals surface area contributed by atoms with Crippen LogP contribution in [0.5, 0.6) is 11.5 Å². The van der Waals surface area contributed by atoms with Crippen molar-refractivity contribution in [2.45, 2.75) is 38.1 Å². The molecular weight excluding hydrogens is 514 g/mol. The zero-order valence-corrected chi connectivity index (χ0v) is 23.1. The number of amides is 3. The van der Waals surface area contributed by atoms with Gasteiger partial charge in [-0.15, -0.1) is 0 Å². The van der Waals surface area contributed by atoms with Gasteiger partial charge >= 0.3 is 6.03 Å². The molecule has 7 nitrogen and oxygen atoms in total. The highest BCUT2D eigenvalue weighted by Gasteiger charge is 2.50. The van der Waals surface area contributed by atoms with Crippen LogP contribution in [0.2, 0.25) is 0 Å². The van der Waals surface area contributed by atoms with Crippen LogP contribution in [0.25, 0.3) is 11.1 Å². The van der Waals surface area contributed by atoms with E-state index in [-0.39, 0.29) is 18.0 Å². The second-order valence-electron chi connectivity index (χ2n) is 11.1. The van der Waals surface area contributed by atoms with Crippen molar-refractivity contribution in [3.63, 3.8) is 0 Å². The molecule has 2 unspecified atom stereocenters. The van der Waals surface area contributed by atoms with E-state index in [1.165, 1.54) is 11.1 Å². The van der Waals surface area contributed by atoms with Gasteiger partial charge in [-0.2, -0.15) is 0 Å². The lowest BCUT2D eigenvalue weighted by atomic mass is 9.88. The molecule has 1 fully saturated rings. The second kappa shape index (κ2) is 9.70. The number of methoxy groups -OCH3 is 1. The van der Waals surface area contributed by atoms with E-state index in [4.69, 9.17) is 9.47 Å². The first-order chi connectivity index (χ1) is 19.9. The van der Waals surface area contributed by atoms with Crippen molar-refractivity contribution < 1.29 is 19.1 Å². The lowest BCUT2D eigenvalue weighted by molar-refractivity contribution is 0.0378. The molecule has 3 aliphatic heterocycles. The van der Waals surface area contributed by atoms with Crippen molar-refractivity contribution in [2.24, 2.45) is 0 Å². The van der Waals surface area contributed by atoms with Crippen LogP contribution in [0, 0.1) is 0 Å². The lowest BCUT2D eigenvalue weighted by Gasteiger charge is -2.50. The molecule has 3 amide bonds. The van der Waals surface area contributed by atoms with Gasteiger partial charge in [-0.3, -0.25) is 9.69 Å². The quantitative estimate of drug-likeness (QED) is 0.325. The molecule has 7 rings (SSSR count). The Morgan fingerprint density at radius 3 is 2.54 bits per heavy atom. The van der Waals surface area contributed by atoms with Gasteiger partial charge in [0.15, 0.2) is 5.72 Å². The third-order valence-electron chi connectivity index (χ3n) is 8.46. The Morgan fingerprint density at radius 2 is 1.73 bits per heavy atom. The van der Waals surface area contributed by atoms with E-state index < -0.39 is 5.72 Å². The van der Waals surface area contributed by atoms with Crippen molar-refractivity contribution in [1.82, 2.24) is 10.2 Å². The first-order valence-corrected chi connectivity index (χ1v) is 14.0. The second-order valence-corrected chi connectivity index (χ2v) is 11.1. The van der Waals surface area contributed by atoms with E-state index >= 15 is 0 Å². The highest BCUT2D eigenvalue weighted by molar-refractivity contribution is 5.99. The Bertz CT molecular complexity index is 1670. The van der Waals surface area contributed by atoms with Gasteiger partial charge in [0.1, 0.15) is 11.5 Å². The largest absolute Gasteiger partial charge is 0.497 e. The van der Waals surface area contributed by atoms with Crippen LogP contribution in [-0.2, 0) is 13.0 Å². The zero-order chi connectivity index (χ0) is 28.1. The monoisotopic (exact) mass is 545 g/mol. The average molecular weight is 546 g/mol. The number of ether oxygens (including phenoxy) is 2. The van der Waals surface area contributed by atoms with Crippen LogP contribution in [0.4, 0.5) is 10.5 Å². The molecule has 4 aromatic rings. The van der Waals surface area contributed by atoms with Gasteiger partial charge in [0.25, 0.3) is 5.91 Å². The molecule has 1 saturated heterocycles. The summed E-state index contributed by atoms with van der Waals surface area (Å²) in [6, 6.07) is 29.2. The minimum atomic E-state index is -0.909. The number of hydrogen-bond donors (Lipinski definition) is 1. The van der Waals surface area contributed by atoms with Crippen LogP contribution < -0.4 is 19.7 Å². The SMILES string of the molecule is COc1ccc(-c2ccc3c(c2)C2CC(C)(O3)N(c3cccc(C(=O)N4CCc5ccccc5C4)c3)C(=O)N2)cc1. The number of nitrogens with one attached hydrogen (secondary N) is 1. The van der Waals surface area contributed by atoms with Crippen LogP contribution in [0.3, 0.4) is 0 Å². The summed E-state index contributed by atoms with van der Waals surface area (Å²) in [4.78, 5) is 30.7. The minimum absolute atomic E-state index is 0.0391. The van der Waals surface area contributed by atoms with E-state index in [1.54, 1.807) is 18.1 Å². The van der Waals surface area contributed by atoms with E-state index in [2.05, 4.69) is 23.5 Å². The van der Waals surface area contributed by atoms with Gasteiger partial charge in [-0.1, -0.05) is 48.5 Å². The molecule has 0 spiro atoms. The molecule has 206 valence electrons. The molecule has 41 heavy (non-hydrogen) atoms. The Balaban J connectivity index is 1.16. The Hall–Kier alpha value is -4.78. The van der Waals surface area contributed by atoms with Gasteiger partial charge in [-0.25, -0.2) is 4.79 Å². The van der Waals surface area contributed by atoms with Crippen molar-refractivity contribution >= 4 is 17.6 Å². The highest BCUT2D eigenvalue weighted by Crippen LogP contribution is 2.46. The van der Waals surface area contributed by atoms with Gasteiger partial charge in [0, 0.05) is 30.6 Å². The Labute approximate surface area is 239 Å². The maximum atomic E-state index is 13.6. The first kappa shape index (κ1) is 25.2. The summed E-state index contributed by atoms with van der Waals surface area (Å²) in [5, 5.41) is 3.19. The summed E-state index contributed by atoms with van der Waals surface area (Å²) in [5.41, 5.74) is 5.81. The summed E-state index contributed by atoms with van der Waals surface area (Å²) >= 11 is 0. The summed E-state index contributed by atoms with van der Waals surface area (Å²) in [6.45, 7) is 3.19. The number of nitrogens with zero attached hydrogens (tertiary/aromatic N) is 2. The maximum absolute atomic E-state index is 13.6. The number of carbonyl (C=O) groups is 2. The van der Waals surface area contributed by atoms with E-state index in [0.29, 0.717) is 30.8 Å². The number of carbonyl (C=O) groups excluding carboxylic acids is 2. The fourth-order valence-electron chi connectivity index (χ4n) is 6.36. The number of anilines is 1. The van der Waals surface area contributed by atoms with E-state index in [1.807, 2.05) is 78.6 Å². The molecule has 2 atom stereocenters. The summed E-state index contributed by atoms with van der Waals surface area (Å²) in [6.07, 6.45) is 1.40. The third-order valence-corrected chi connectivity index (χ3v) is 8.46. The molecule has 7 heteroatoms. The molecule has 0 aliphatic carbocycles. The number of fused-ring (bicyclic) bond motifs is 5. The van der Waals surface area contributed by atoms with Gasteiger partial charge < -0.3 is 19.7 Å². The van der Waals surface area contributed by atoms with Gasteiger partial charge in [0.05, 0.1) is 18.8 Å². The smallest absolute Gasteiger partial charge is 0.325 e. The average Bonchev–Trinajstić information content (AvgIpc) is 3.00. The summed E-state index contributed by atoms with van der Waals surface area (Å²) in [5.74, 6) is 1.51. The molecule has 0 aromatic heterocycles. The molecule has 4 aromatic carbocycles. The molecule has 3 aliphatic rings.